The summed E-state index contributed by atoms with van der Waals surface area (Å²) in [4.78, 5) is 15.2. The Hall–Kier alpha value is -1.90. The molecule has 5 nitrogen and oxygen atoms in total. The minimum absolute atomic E-state index is 0.0184. The molecule has 1 aromatic carbocycles. The first-order valence-electron chi connectivity index (χ1n) is 9.28. The van der Waals surface area contributed by atoms with Crippen LogP contribution >= 0.6 is 0 Å². The second-order valence-corrected chi connectivity index (χ2v) is 7.80. The van der Waals surface area contributed by atoms with Crippen LogP contribution in [-0.2, 0) is 11.3 Å². The van der Waals surface area contributed by atoms with Gasteiger partial charge >= 0.3 is 0 Å². The largest absolute Gasteiger partial charge is 0.333 e. The number of carbonyl (C=O) groups is 1. The first kappa shape index (κ1) is 19.4. The molecule has 0 radical (unpaired) electrons. The highest BCUT2D eigenvalue weighted by atomic mass is 16.2. The third-order valence-corrected chi connectivity index (χ3v) is 5.56. The van der Waals surface area contributed by atoms with Crippen LogP contribution in [0.4, 0.5) is 0 Å². The topological polar surface area (TPSA) is 61.8 Å². The molecule has 0 unspecified atom stereocenters. The minimum atomic E-state index is -0.783. The van der Waals surface area contributed by atoms with E-state index in [1.54, 1.807) is 11.8 Å². The fraction of sp³-hybridized carbons (Fsp3) is 0.600. The summed E-state index contributed by atoms with van der Waals surface area (Å²) in [6.45, 7) is 13.6. The van der Waals surface area contributed by atoms with Crippen molar-refractivity contribution in [2.24, 2.45) is 5.92 Å². The van der Waals surface area contributed by atoms with Gasteiger partial charge in [-0.2, -0.15) is 5.26 Å². The summed E-state index contributed by atoms with van der Waals surface area (Å²) in [6.07, 6.45) is 0. The quantitative estimate of drug-likeness (QED) is 0.641. The number of nitriles is 1. The van der Waals surface area contributed by atoms with Crippen molar-refractivity contribution in [1.29, 1.82) is 5.26 Å². The number of amides is 1. The van der Waals surface area contributed by atoms with Gasteiger partial charge in [-0.3, -0.25) is 4.79 Å². The van der Waals surface area contributed by atoms with E-state index in [2.05, 4.69) is 42.6 Å². The number of nitrogens with one attached hydrogen (secondary N) is 3. The zero-order valence-electron chi connectivity index (χ0n) is 16.0. The zero-order valence-corrected chi connectivity index (χ0v) is 16.0. The number of aryl methyl sites for hydroxylation is 1. The lowest BCUT2D eigenvalue weighted by atomic mass is 9.90. The van der Waals surface area contributed by atoms with Crippen molar-refractivity contribution in [3.8, 4) is 6.07 Å². The molecule has 1 aliphatic heterocycles. The van der Waals surface area contributed by atoms with E-state index in [1.165, 1.54) is 16.0 Å². The van der Waals surface area contributed by atoms with E-state index in [4.69, 9.17) is 0 Å². The Balaban J connectivity index is 1.80. The SMILES string of the molecule is Cc1ccccc1C[NH+]1CC[NH+](CC(=O)N[C@](C)(C#N)C(C)C)CC1. The second kappa shape index (κ2) is 8.46. The number of benzene rings is 1. The van der Waals surface area contributed by atoms with E-state index in [1.807, 2.05) is 13.8 Å². The molecule has 1 aliphatic rings. The number of quaternary nitrogens is 2. The summed E-state index contributed by atoms with van der Waals surface area (Å²) in [6, 6.07) is 10.8. The van der Waals surface area contributed by atoms with Crippen LogP contribution in [-0.4, -0.2) is 44.2 Å². The van der Waals surface area contributed by atoms with Crippen LogP contribution in [0.25, 0.3) is 0 Å². The van der Waals surface area contributed by atoms with Gasteiger partial charge in [-0.1, -0.05) is 38.1 Å². The molecule has 1 amide bonds. The van der Waals surface area contributed by atoms with E-state index < -0.39 is 5.54 Å². The molecular weight excluding hydrogens is 312 g/mol. The Labute approximate surface area is 151 Å². The molecule has 136 valence electrons. The number of hydrogen-bond acceptors (Lipinski definition) is 2. The van der Waals surface area contributed by atoms with Gasteiger partial charge < -0.3 is 15.1 Å². The van der Waals surface area contributed by atoms with E-state index in [-0.39, 0.29) is 11.8 Å². The lowest BCUT2D eigenvalue weighted by Crippen LogP contribution is -3.28. The van der Waals surface area contributed by atoms with Crippen LogP contribution in [0.3, 0.4) is 0 Å². The van der Waals surface area contributed by atoms with E-state index in [0.717, 1.165) is 32.7 Å². The molecule has 0 bridgehead atoms. The van der Waals surface area contributed by atoms with E-state index in [0.29, 0.717) is 6.54 Å². The summed E-state index contributed by atoms with van der Waals surface area (Å²) in [5.41, 5.74) is 1.99. The zero-order chi connectivity index (χ0) is 18.4. The second-order valence-electron chi connectivity index (χ2n) is 7.80. The number of piperazine rings is 1. The van der Waals surface area contributed by atoms with Crippen molar-refractivity contribution in [3.05, 3.63) is 35.4 Å². The molecule has 0 aliphatic carbocycles. The maximum Gasteiger partial charge on any atom is 0.276 e. The summed E-state index contributed by atoms with van der Waals surface area (Å²) >= 11 is 0. The number of nitrogens with zero attached hydrogens (tertiary/aromatic N) is 1. The van der Waals surface area contributed by atoms with Crippen molar-refractivity contribution in [3.63, 3.8) is 0 Å². The van der Waals surface area contributed by atoms with Gasteiger partial charge in [0.2, 0.25) is 0 Å². The summed E-state index contributed by atoms with van der Waals surface area (Å²) < 4.78 is 0. The van der Waals surface area contributed by atoms with Crippen molar-refractivity contribution < 1.29 is 14.6 Å². The molecule has 0 spiro atoms. The van der Waals surface area contributed by atoms with Gasteiger partial charge in [-0.05, 0) is 25.3 Å². The van der Waals surface area contributed by atoms with Gasteiger partial charge in [0.15, 0.2) is 6.54 Å². The molecule has 0 saturated carbocycles. The molecule has 1 aromatic rings. The first-order valence-corrected chi connectivity index (χ1v) is 9.28. The third-order valence-electron chi connectivity index (χ3n) is 5.56. The van der Waals surface area contributed by atoms with Gasteiger partial charge in [-0.15, -0.1) is 0 Å². The summed E-state index contributed by atoms with van der Waals surface area (Å²) in [5.74, 6) is 0.0713. The lowest BCUT2D eigenvalue weighted by molar-refractivity contribution is -1.02. The number of hydrogen-bond donors (Lipinski definition) is 3. The minimum Gasteiger partial charge on any atom is -0.333 e. The highest BCUT2D eigenvalue weighted by molar-refractivity contribution is 5.78. The molecule has 1 fully saturated rings. The molecule has 1 saturated heterocycles. The van der Waals surface area contributed by atoms with Crippen molar-refractivity contribution in [2.45, 2.75) is 39.8 Å². The molecule has 25 heavy (non-hydrogen) atoms. The standard InChI is InChI=1S/C20H30N4O/c1-16(2)20(4,15-21)22-19(25)14-24-11-9-23(10-12-24)13-18-8-6-5-7-17(18)3/h5-8,16H,9-14H2,1-4H3,(H,22,25)/p+2/t20-/m1/s1. The molecule has 0 aromatic heterocycles. The third kappa shape index (κ3) is 5.29. The fourth-order valence-corrected chi connectivity index (χ4v) is 3.25. The van der Waals surface area contributed by atoms with Gasteiger partial charge in [0.1, 0.15) is 38.3 Å². The fourth-order valence-electron chi connectivity index (χ4n) is 3.25. The predicted octanol–water partition coefficient (Wildman–Crippen LogP) is -0.667. The molecule has 2 rings (SSSR count). The Bertz CT molecular complexity index is 629. The normalized spacial score (nSPS) is 22.9. The Morgan fingerprint density at radius 2 is 1.84 bits per heavy atom. The van der Waals surface area contributed by atoms with Gasteiger partial charge in [-0.25, -0.2) is 0 Å². The van der Waals surface area contributed by atoms with Crippen LogP contribution in [0.2, 0.25) is 0 Å². The predicted molar refractivity (Wildman–Crippen MR) is 98.1 cm³/mol. The summed E-state index contributed by atoms with van der Waals surface area (Å²) in [5, 5.41) is 12.3. The van der Waals surface area contributed by atoms with Crippen molar-refractivity contribution in [1.82, 2.24) is 5.32 Å². The van der Waals surface area contributed by atoms with Crippen LogP contribution in [0.1, 0.15) is 31.9 Å². The van der Waals surface area contributed by atoms with Crippen LogP contribution < -0.4 is 15.1 Å². The first-order chi connectivity index (χ1) is 11.8. The average molecular weight is 345 g/mol. The smallest absolute Gasteiger partial charge is 0.276 e. The van der Waals surface area contributed by atoms with Crippen LogP contribution in [0.5, 0.6) is 0 Å². The van der Waals surface area contributed by atoms with E-state index in [9.17, 15) is 10.1 Å². The average Bonchev–Trinajstić information content (AvgIpc) is 2.58. The molecular formula is C20H32N4O+2. The Morgan fingerprint density at radius 3 is 2.40 bits per heavy atom. The van der Waals surface area contributed by atoms with Crippen molar-refractivity contribution in [2.75, 3.05) is 32.7 Å². The van der Waals surface area contributed by atoms with Crippen LogP contribution in [0.15, 0.2) is 24.3 Å². The summed E-state index contributed by atoms with van der Waals surface area (Å²) in [7, 11) is 0. The van der Waals surface area contributed by atoms with Gasteiger partial charge in [0, 0.05) is 5.56 Å². The highest BCUT2D eigenvalue weighted by Gasteiger charge is 2.32. The Kier molecular flexibility index (Phi) is 6.57. The number of rotatable bonds is 6. The maximum atomic E-state index is 12.3. The molecule has 1 heterocycles. The molecule has 3 N–H and O–H groups in total. The highest BCUT2D eigenvalue weighted by Crippen LogP contribution is 2.14. The van der Waals surface area contributed by atoms with Gasteiger partial charge in [0.05, 0.1) is 6.07 Å². The maximum absolute atomic E-state index is 12.3. The molecule has 5 heteroatoms. The number of carbonyl (C=O) groups excluding carboxylic acids is 1. The van der Waals surface area contributed by atoms with Crippen molar-refractivity contribution >= 4 is 5.91 Å². The Morgan fingerprint density at radius 1 is 1.24 bits per heavy atom. The van der Waals surface area contributed by atoms with Gasteiger partial charge in [0.25, 0.3) is 5.91 Å². The monoisotopic (exact) mass is 344 g/mol. The van der Waals surface area contributed by atoms with Crippen LogP contribution in [0, 0.1) is 24.2 Å². The lowest BCUT2D eigenvalue weighted by Gasteiger charge is -2.31. The van der Waals surface area contributed by atoms with E-state index >= 15 is 0 Å². The molecule has 1 atom stereocenters.